The average molecular weight is 554 g/mol. The maximum Gasteiger partial charge on any atom is 0.169 e. The third kappa shape index (κ3) is 7.24. The summed E-state index contributed by atoms with van der Waals surface area (Å²) in [6.45, 7) is 3.98. The van der Waals surface area contributed by atoms with Crippen LogP contribution in [0.25, 0.3) is 10.9 Å². The van der Waals surface area contributed by atoms with Crippen molar-refractivity contribution in [1.29, 1.82) is 0 Å². The van der Waals surface area contributed by atoms with Crippen molar-refractivity contribution in [3.63, 3.8) is 0 Å². The number of rotatable bonds is 6. The van der Waals surface area contributed by atoms with Gasteiger partial charge in [0.1, 0.15) is 8.64 Å². The van der Waals surface area contributed by atoms with Gasteiger partial charge in [-0.1, -0.05) is 66.2 Å². The van der Waals surface area contributed by atoms with Gasteiger partial charge in [0, 0.05) is 83.8 Å². The van der Waals surface area contributed by atoms with Gasteiger partial charge in [-0.15, -0.1) is 0 Å². The van der Waals surface area contributed by atoms with Gasteiger partial charge < -0.3 is 9.80 Å². The summed E-state index contributed by atoms with van der Waals surface area (Å²) in [7, 11) is 0. The van der Waals surface area contributed by atoms with Crippen LogP contribution in [-0.2, 0) is 0 Å². The van der Waals surface area contributed by atoms with E-state index in [-0.39, 0.29) is 11.7 Å². The van der Waals surface area contributed by atoms with Crippen molar-refractivity contribution in [1.82, 2.24) is 14.8 Å². The second kappa shape index (κ2) is 13.0. The molecule has 2 aromatic rings. The Kier molecular flexibility index (Phi) is 10.1. The quantitative estimate of drug-likeness (QED) is 0.353. The number of pyridine rings is 1. The molecule has 2 aliphatic heterocycles. The molecule has 0 unspecified atom stereocenters. The molecule has 10 heteroatoms. The van der Waals surface area contributed by atoms with Gasteiger partial charge in [-0.25, -0.2) is 0 Å². The van der Waals surface area contributed by atoms with E-state index in [4.69, 9.17) is 24.4 Å². The fourth-order valence-electron chi connectivity index (χ4n) is 3.66. The Bertz CT molecular complexity index is 957. The predicted molar refractivity (Wildman–Crippen MR) is 157 cm³/mol. The van der Waals surface area contributed by atoms with Crippen LogP contribution in [0.4, 0.5) is 0 Å². The summed E-state index contributed by atoms with van der Waals surface area (Å²) in [6.07, 6.45) is 1.72. The van der Waals surface area contributed by atoms with E-state index in [1.54, 1.807) is 29.7 Å². The van der Waals surface area contributed by atoms with Crippen LogP contribution in [0.1, 0.15) is 10.4 Å². The summed E-state index contributed by atoms with van der Waals surface area (Å²) >= 11 is 18.6. The summed E-state index contributed by atoms with van der Waals surface area (Å²) in [6, 6.07) is 9.88. The van der Waals surface area contributed by atoms with Gasteiger partial charge in [0.15, 0.2) is 5.78 Å². The lowest BCUT2D eigenvalue weighted by atomic mass is 10.0. The molecule has 1 aromatic carbocycles. The first-order valence-electron chi connectivity index (χ1n) is 11.0. The molecule has 0 aliphatic carbocycles. The first-order valence-corrected chi connectivity index (χ1v) is 16.1. The Labute approximate surface area is 223 Å². The molecule has 0 spiro atoms. The van der Waals surface area contributed by atoms with Crippen LogP contribution in [0.5, 0.6) is 0 Å². The zero-order valence-electron chi connectivity index (χ0n) is 18.3. The molecule has 176 valence electrons. The van der Waals surface area contributed by atoms with E-state index in [0.717, 1.165) is 68.7 Å². The number of Topliss-reactive ketones (excluding diaryl/α,β-unsaturated/α-hetero) is 1. The van der Waals surface area contributed by atoms with Gasteiger partial charge in [-0.2, -0.15) is 23.5 Å². The monoisotopic (exact) mass is 553 g/mol. The molecular formula is C23H27N3OS6. The minimum Gasteiger partial charge on any atom is -0.356 e. The number of hydrogen-bond donors (Lipinski definition) is 0. The lowest BCUT2D eigenvalue weighted by Gasteiger charge is -2.30. The molecule has 0 atom stereocenters. The Morgan fingerprint density at radius 1 is 0.939 bits per heavy atom. The number of fused-ring (bicyclic) bond motifs is 1. The number of thioether (sulfide) groups is 4. The highest BCUT2D eigenvalue weighted by Crippen LogP contribution is 2.26. The second-order valence-electron chi connectivity index (χ2n) is 7.83. The lowest BCUT2D eigenvalue weighted by Crippen LogP contribution is -2.37. The number of nitrogens with zero attached hydrogens (tertiary/aromatic N) is 3. The van der Waals surface area contributed by atoms with E-state index in [1.165, 1.54) is 0 Å². The van der Waals surface area contributed by atoms with Gasteiger partial charge in [0.05, 0.1) is 5.52 Å². The van der Waals surface area contributed by atoms with Gasteiger partial charge >= 0.3 is 0 Å². The SMILES string of the molecule is O=C(c1cnc2ccccc2c1)C(CSC(=S)N1CCSCC1)CSC(=S)N1CCSCC1. The number of carbonyl (C=O) groups excluding carboxylic acids is 1. The number of hydrogen-bond acceptors (Lipinski definition) is 8. The highest BCUT2D eigenvalue weighted by molar-refractivity contribution is 8.23. The van der Waals surface area contributed by atoms with Crippen LogP contribution < -0.4 is 0 Å². The number of aromatic nitrogens is 1. The Morgan fingerprint density at radius 2 is 1.48 bits per heavy atom. The fourth-order valence-corrected chi connectivity index (χ4v) is 8.34. The van der Waals surface area contributed by atoms with Crippen molar-refractivity contribution < 1.29 is 4.79 Å². The number of carbonyl (C=O) groups is 1. The normalized spacial score (nSPS) is 16.9. The molecule has 3 heterocycles. The van der Waals surface area contributed by atoms with Gasteiger partial charge in [-0.05, 0) is 12.1 Å². The van der Waals surface area contributed by atoms with E-state index >= 15 is 0 Å². The van der Waals surface area contributed by atoms with Crippen LogP contribution in [-0.4, -0.2) is 89.9 Å². The summed E-state index contributed by atoms with van der Waals surface area (Å²) in [5.41, 5.74) is 1.57. The molecular weight excluding hydrogens is 527 g/mol. The van der Waals surface area contributed by atoms with E-state index in [2.05, 4.69) is 14.8 Å². The maximum atomic E-state index is 13.6. The Balaban J connectivity index is 1.44. The highest BCUT2D eigenvalue weighted by atomic mass is 32.2. The summed E-state index contributed by atoms with van der Waals surface area (Å²) < 4.78 is 1.82. The van der Waals surface area contributed by atoms with Gasteiger partial charge in [0.2, 0.25) is 0 Å². The third-order valence-electron chi connectivity index (χ3n) is 5.60. The molecule has 4 nitrogen and oxygen atoms in total. The lowest BCUT2D eigenvalue weighted by molar-refractivity contribution is 0.0944. The Morgan fingerprint density at radius 3 is 2.06 bits per heavy atom. The standard InChI is InChI=1S/C23H27N3OS6/c27-21(18-13-17-3-1-2-4-20(17)24-14-18)19(15-32-22(28)25-5-9-30-10-6-25)16-33-23(29)26-7-11-31-12-8-26/h1-4,13-14,19H,5-12,15-16H2. The molecule has 33 heavy (non-hydrogen) atoms. The smallest absolute Gasteiger partial charge is 0.169 e. The van der Waals surface area contributed by atoms with Crippen LogP contribution in [0.2, 0.25) is 0 Å². The molecule has 0 saturated carbocycles. The molecule has 2 aliphatic rings. The minimum absolute atomic E-state index is 0.127. The van der Waals surface area contributed by atoms with E-state index < -0.39 is 0 Å². The molecule has 0 N–H and O–H groups in total. The third-order valence-corrected chi connectivity index (χ3v) is 10.9. The highest BCUT2D eigenvalue weighted by Gasteiger charge is 2.25. The average Bonchev–Trinajstić information content (AvgIpc) is 2.88. The van der Waals surface area contributed by atoms with Gasteiger partial charge in [-0.3, -0.25) is 9.78 Å². The summed E-state index contributed by atoms with van der Waals surface area (Å²) in [5.74, 6) is 5.75. The van der Waals surface area contributed by atoms with Crippen molar-refractivity contribution in [2.24, 2.45) is 5.92 Å². The number of para-hydroxylation sites is 1. The number of benzene rings is 1. The molecule has 0 radical (unpaired) electrons. The fraction of sp³-hybridized carbons (Fsp3) is 0.478. The van der Waals surface area contributed by atoms with Gasteiger partial charge in [0.25, 0.3) is 0 Å². The second-order valence-corrected chi connectivity index (χ2v) is 13.6. The molecule has 4 rings (SSSR count). The number of thiocarbonyl (C=S) groups is 2. The van der Waals surface area contributed by atoms with Crippen molar-refractivity contribution >= 4 is 96.8 Å². The van der Waals surface area contributed by atoms with Crippen LogP contribution >= 0.6 is 71.5 Å². The Hall–Kier alpha value is -0.520. The maximum absolute atomic E-state index is 13.6. The van der Waals surface area contributed by atoms with Crippen LogP contribution in [0.3, 0.4) is 0 Å². The minimum atomic E-state index is -0.169. The molecule has 1 aromatic heterocycles. The molecule has 2 fully saturated rings. The predicted octanol–water partition coefficient (Wildman–Crippen LogP) is 5.17. The van der Waals surface area contributed by atoms with Crippen molar-refractivity contribution in [3.8, 4) is 0 Å². The first kappa shape index (κ1) is 25.6. The van der Waals surface area contributed by atoms with Crippen molar-refractivity contribution in [2.45, 2.75) is 0 Å². The van der Waals surface area contributed by atoms with Crippen molar-refractivity contribution in [2.75, 3.05) is 60.7 Å². The zero-order chi connectivity index (χ0) is 23.0. The van der Waals surface area contributed by atoms with Crippen LogP contribution in [0.15, 0.2) is 36.5 Å². The topological polar surface area (TPSA) is 36.4 Å². The largest absolute Gasteiger partial charge is 0.356 e. The van der Waals surface area contributed by atoms with Crippen LogP contribution in [0, 0.1) is 5.92 Å². The first-order chi connectivity index (χ1) is 16.1. The summed E-state index contributed by atoms with van der Waals surface area (Å²) in [5, 5.41) is 0.991. The van der Waals surface area contributed by atoms with E-state index in [1.807, 2.05) is 53.9 Å². The zero-order valence-corrected chi connectivity index (χ0v) is 23.2. The molecule has 2 saturated heterocycles. The van der Waals surface area contributed by atoms with E-state index in [9.17, 15) is 4.79 Å². The molecule has 0 amide bonds. The number of ketones is 1. The molecule has 0 bridgehead atoms. The van der Waals surface area contributed by atoms with E-state index in [0.29, 0.717) is 17.1 Å². The van der Waals surface area contributed by atoms with Crippen molar-refractivity contribution in [3.05, 3.63) is 42.1 Å². The summed E-state index contributed by atoms with van der Waals surface area (Å²) in [4.78, 5) is 22.6.